The third-order valence-electron chi connectivity index (χ3n) is 5.46. The van der Waals surface area contributed by atoms with Gasteiger partial charge in [-0.15, -0.1) is 5.10 Å². The fraction of sp³-hybridized carbons (Fsp3) is 0.231. The monoisotopic (exact) mass is 491 g/mol. The zero-order valence-corrected chi connectivity index (χ0v) is 19.3. The quantitative estimate of drug-likeness (QED) is 0.352. The van der Waals surface area contributed by atoms with Gasteiger partial charge in [-0.05, 0) is 48.0 Å². The number of benzene rings is 2. The highest BCUT2D eigenvalue weighted by atomic mass is 19.3. The lowest BCUT2D eigenvalue weighted by atomic mass is 10.1. The molecule has 36 heavy (non-hydrogen) atoms. The molecule has 0 saturated carbocycles. The van der Waals surface area contributed by atoms with E-state index in [9.17, 15) is 8.78 Å². The van der Waals surface area contributed by atoms with Crippen molar-refractivity contribution in [2.24, 2.45) is 0 Å². The van der Waals surface area contributed by atoms with Crippen molar-refractivity contribution in [3.8, 4) is 17.0 Å². The summed E-state index contributed by atoms with van der Waals surface area (Å²) in [6, 6.07) is 20.0. The smallest absolute Gasteiger partial charge is 0.387 e. The molecule has 1 aliphatic heterocycles. The van der Waals surface area contributed by atoms with E-state index in [4.69, 9.17) is 9.47 Å². The summed E-state index contributed by atoms with van der Waals surface area (Å²) in [5.41, 5.74) is 4.52. The van der Waals surface area contributed by atoms with Gasteiger partial charge in [0.25, 0.3) is 0 Å². The number of hydrogen-bond acceptors (Lipinski definition) is 7. The summed E-state index contributed by atoms with van der Waals surface area (Å²) in [5, 5.41) is 9.46. The first-order valence-electron chi connectivity index (χ1n) is 11.4. The van der Waals surface area contributed by atoms with E-state index >= 15 is 0 Å². The first kappa shape index (κ1) is 23.7. The zero-order chi connectivity index (χ0) is 24.7. The third kappa shape index (κ3) is 5.78. The molecular formula is C26H23F2N5O3. The van der Waals surface area contributed by atoms with Crippen molar-refractivity contribution in [3.05, 3.63) is 78.5 Å². The van der Waals surface area contributed by atoms with Crippen LogP contribution in [0.1, 0.15) is 5.56 Å². The van der Waals surface area contributed by atoms with E-state index in [-0.39, 0.29) is 5.75 Å². The van der Waals surface area contributed by atoms with Crippen molar-refractivity contribution >= 4 is 22.1 Å². The molecule has 0 atom stereocenters. The molecule has 1 saturated heterocycles. The van der Waals surface area contributed by atoms with E-state index in [1.165, 1.54) is 12.1 Å². The number of nitrogens with zero attached hydrogens (tertiary/aromatic N) is 5. The average molecular weight is 491 g/mol. The topological polar surface area (TPSA) is 84.2 Å². The number of hydrogen-bond donors (Lipinski definition) is 0. The van der Waals surface area contributed by atoms with E-state index < -0.39 is 6.61 Å². The highest BCUT2D eigenvalue weighted by Gasteiger charge is 2.11. The highest BCUT2D eigenvalue weighted by molar-refractivity contribution is 5.79. The molecule has 0 spiro atoms. The summed E-state index contributed by atoms with van der Waals surface area (Å²) >= 11 is 0. The Hall–Kier alpha value is -4.02. The lowest BCUT2D eigenvalue weighted by Gasteiger charge is -2.09. The molecule has 4 heterocycles. The fourth-order valence-corrected chi connectivity index (χ4v) is 3.79. The maximum atomic E-state index is 12.5. The molecule has 1 aliphatic rings. The van der Waals surface area contributed by atoms with Crippen molar-refractivity contribution in [2.45, 2.75) is 13.2 Å². The van der Waals surface area contributed by atoms with E-state index in [0.29, 0.717) is 29.0 Å². The number of aromatic nitrogens is 5. The van der Waals surface area contributed by atoms with Gasteiger partial charge >= 0.3 is 6.61 Å². The molecule has 0 bridgehead atoms. The van der Waals surface area contributed by atoms with Crippen LogP contribution in [0.4, 0.5) is 8.78 Å². The van der Waals surface area contributed by atoms with Crippen LogP contribution in [-0.4, -0.2) is 58.0 Å². The second kappa shape index (κ2) is 11.1. The molecule has 184 valence electrons. The second-order valence-electron chi connectivity index (χ2n) is 7.95. The largest absolute Gasteiger partial charge is 0.435 e. The van der Waals surface area contributed by atoms with Crippen LogP contribution in [0.15, 0.2) is 72.9 Å². The predicted molar refractivity (Wildman–Crippen MR) is 130 cm³/mol. The molecule has 5 aromatic rings. The van der Waals surface area contributed by atoms with Crippen LogP contribution >= 0.6 is 0 Å². The van der Waals surface area contributed by atoms with Crippen LogP contribution in [0.5, 0.6) is 5.75 Å². The number of halogens is 2. The molecule has 0 amide bonds. The molecule has 2 aromatic carbocycles. The van der Waals surface area contributed by atoms with Crippen molar-refractivity contribution in [2.75, 3.05) is 26.4 Å². The Bertz CT molecular complexity index is 1440. The van der Waals surface area contributed by atoms with Crippen LogP contribution in [0.2, 0.25) is 0 Å². The Balaban J connectivity index is 0.000000391. The maximum absolute atomic E-state index is 12.5. The van der Waals surface area contributed by atoms with Crippen molar-refractivity contribution in [3.63, 3.8) is 0 Å². The van der Waals surface area contributed by atoms with Gasteiger partial charge in [0.15, 0.2) is 5.65 Å². The molecule has 1 fully saturated rings. The van der Waals surface area contributed by atoms with Crippen molar-refractivity contribution in [1.82, 2.24) is 25.0 Å². The molecule has 3 aromatic heterocycles. The molecule has 0 unspecified atom stereocenters. The second-order valence-corrected chi connectivity index (χ2v) is 7.95. The normalized spacial score (nSPS) is 13.5. The molecule has 8 nitrogen and oxygen atoms in total. The summed E-state index contributed by atoms with van der Waals surface area (Å²) in [6.07, 6.45) is 1.76. The number of alkyl halides is 2. The van der Waals surface area contributed by atoms with E-state index in [0.717, 1.165) is 42.9 Å². The van der Waals surface area contributed by atoms with Gasteiger partial charge < -0.3 is 14.2 Å². The lowest BCUT2D eigenvalue weighted by Crippen LogP contribution is -2.16. The van der Waals surface area contributed by atoms with Crippen molar-refractivity contribution < 1.29 is 23.0 Å². The Morgan fingerprint density at radius 3 is 2.47 bits per heavy atom. The SMILES string of the molecule is C1COCCO1.FC(F)Oc1cccc(-c2ccc3nnn(Cc4ccc5ncccc5c4)c3n2)c1. The predicted octanol–water partition coefficient (Wildman–Crippen LogP) is 4.72. The maximum Gasteiger partial charge on any atom is 0.387 e. The number of pyridine rings is 2. The average Bonchev–Trinajstić information content (AvgIpc) is 3.31. The first-order chi connectivity index (χ1) is 17.7. The Morgan fingerprint density at radius 2 is 1.69 bits per heavy atom. The molecule has 0 aliphatic carbocycles. The van der Waals surface area contributed by atoms with E-state index in [2.05, 4.69) is 31.1 Å². The van der Waals surface area contributed by atoms with Gasteiger partial charge in [0.2, 0.25) is 0 Å². The minimum Gasteiger partial charge on any atom is -0.435 e. The third-order valence-corrected chi connectivity index (χ3v) is 5.46. The van der Waals surface area contributed by atoms with Gasteiger partial charge in [-0.1, -0.05) is 29.5 Å². The summed E-state index contributed by atoms with van der Waals surface area (Å²) in [4.78, 5) is 9.00. The summed E-state index contributed by atoms with van der Waals surface area (Å²) in [7, 11) is 0. The van der Waals surface area contributed by atoms with Crippen LogP contribution in [0.25, 0.3) is 33.3 Å². The number of rotatable bonds is 5. The van der Waals surface area contributed by atoms with Gasteiger partial charge in [0, 0.05) is 17.1 Å². The lowest BCUT2D eigenvalue weighted by molar-refractivity contribution is -0.0498. The van der Waals surface area contributed by atoms with Gasteiger partial charge in [-0.2, -0.15) is 8.78 Å². The Morgan fingerprint density at radius 1 is 0.889 bits per heavy atom. The van der Waals surface area contributed by atoms with Gasteiger partial charge in [0.05, 0.1) is 44.2 Å². The van der Waals surface area contributed by atoms with E-state index in [1.54, 1.807) is 29.1 Å². The summed E-state index contributed by atoms with van der Waals surface area (Å²) in [5.74, 6) is 0.0841. The minimum atomic E-state index is -2.88. The first-order valence-corrected chi connectivity index (χ1v) is 11.4. The fourth-order valence-electron chi connectivity index (χ4n) is 3.79. The van der Waals surface area contributed by atoms with Crippen LogP contribution in [0.3, 0.4) is 0 Å². The Labute approximate surface area is 205 Å². The zero-order valence-electron chi connectivity index (χ0n) is 19.3. The Kier molecular flexibility index (Phi) is 7.34. The standard InChI is InChI=1S/C22H15F2N5O.C4H8O2/c23-22(24)30-17-5-1-3-16(12-17)19-8-9-20-21(26-19)29(28-27-20)13-14-6-7-18-15(11-14)4-2-10-25-18;1-2-6-4-3-5-1/h1-12,22H,13H2;1-4H2. The number of fused-ring (bicyclic) bond motifs is 2. The van der Waals surface area contributed by atoms with Gasteiger partial charge in [-0.3, -0.25) is 4.98 Å². The summed E-state index contributed by atoms with van der Waals surface area (Å²) in [6.45, 7) is 0.727. The van der Waals surface area contributed by atoms with E-state index in [1.807, 2.05) is 30.3 Å². The highest BCUT2D eigenvalue weighted by Crippen LogP contribution is 2.25. The summed E-state index contributed by atoms with van der Waals surface area (Å²) < 4.78 is 41.1. The van der Waals surface area contributed by atoms with Gasteiger partial charge in [0.1, 0.15) is 11.3 Å². The van der Waals surface area contributed by atoms with Crippen LogP contribution in [-0.2, 0) is 16.0 Å². The molecule has 0 N–H and O–H groups in total. The van der Waals surface area contributed by atoms with Crippen LogP contribution < -0.4 is 4.74 Å². The van der Waals surface area contributed by atoms with Crippen molar-refractivity contribution in [1.29, 1.82) is 0 Å². The molecule has 0 radical (unpaired) electrons. The van der Waals surface area contributed by atoms with Crippen LogP contribution in [0, 0.1) is 0 Å². The number of ether oxygens (including phenoxy) is 3. The molecular weight excluding hydrogens is 468 g/mol. The molecule has 10 heteroatoms. The minimum absolute atomic E-state index is 0.0841. The molecule has 6 rings (SSSR count). The van der Waals surface area contributed by atoms with Gasteiger partial charge in [-0.25, -0.2) is 9.67 Å².